The van der Waals surface area contributed by atoms with E-state index in [-0.39, 0.29) is 41.5 Å². The van der Waals surface area contributed by atoms with E-state index in [1.54, 1.807) is 23.2 Å². The molecule has 0 spiro atoms. The highest BCUT2D eigenvalue weighted by Gasteiger charge is 2.35. The van der Waals surface area contributed by atoms with Gasteiger partial charge in [-0.2, -0.15) is 13.2 Å². The van der Waals surface area contributed by atoms with Crippen LogP contribution in [0.15, 0.2) is 53.7 Å². The lowest BCUT2D eigenvalue weighted by atomic mass is 9.96. The van der Waals surface area contributed by atoms with Crippen LogP contribution in [0.1, 0.15) is 42.1 Å². The van der Waals surface area contributed by atoms with Gasteiger partial charge in [0, 0.05) is 69.7 Å². The monoisotopic (exact) mass is 622 g/mol. The van der Waals surface area contributed by atoms with Gasteiger partial charge in [-0.3, -0.25) is 14.7 Å². The highest BCUT2D eigenvalue weighted by molar-refractivity contribution is 5.89. The third-order valence-electron chi connectivity index (χ3n) is 8.23. The van der Waals surface area contributed by atoms with Gasteiger partial charge in [-0.15, -0.1) is 0 Å². The Labute approximate surface area is 257 Å². The summed E-state index contributed by atoms with van der Waals surface area (Å²) in [5, 5.41) is 2.67. The molecule has 0 aliphatic carbocycles. The summed E-state index contributed by atoms with van der Waals surface area (Å²) in [6.45, 7) is 8.71. The number of ether oxygens (including phenoxy) is 1. The van der Waals surface area contributed by atoms with Crippen LogP contribution in [0, 0.1) is 0 Å². The molecule has 236 valence electrons. The first-order valence-electron chi connectivity index (χ1n) is 14.8. The molecule has 2 amide bonds. The summed E-state index contributed by atoms with van der Waals surface area (Å²) in [6.07, 6.45) is -0.362. The summed E-state index contributed by atoms with van der Waals surface area (Å²) in [5.41, 5.74) is 1.33. The van der Waals surface area contributed by atoms with E-state index in [4.69, 9.17) is 4.74 Å². The lowest BCUT2D eigenvalue weighted by molar-refractivity contribution is -0.138. The highest BCUT2D eigenvalue weighted by atomic mass is 19.4. The summed E-state index contributed by atoms with van der Waals surface area (Å²) in [6, 6.07) is 6.88. The largest absolute Gasteiger partial charge is 0.453 e. The molecule has 1 unspecified atom stereocenters. The van der Waals surface area contributed by atoms with Crippen LogP contribution >= 0.6 is 0 Å². The van der Waals surface area contributed by atoms with Crippen LogP contribution < -0.4 is 15.6 Å². The predicted molar refractivity (Wildman–Crippen MR) is 161 cm³/mol. The maximum absolute atomic E-state index is 14.1. The molecule has 3 aromatic heterocycles. The summed E-state index contributed by atoms with van der Waals surface area (Å²) >= 11 is 0. The Bertz CT molecular complexity index is 1770. The van der Waals surface area contributed by atoms with Gasteiger partial charge in [-0.05, 0) is 35.9 Å². The summed E-state index contributed by atoms with van der Waals surface area (Å²) < 4.78 is 48.4. The second kappa shape index (κ2) is 12.4. The highest BCUT2D eigenvalue weighted by Crippen LogP contribution is 2.36. The van der Waals surface area contributed by atoms with Crippen molar-refractivity contribution >= 4 is 22.9 Å². The molecule has 2 aliphatic heterocycles. The number of anilines is 1. The summed E-state index contributed by atoms with van der Waals surface area (Å²) in [4.78, 5) is 46.2. The van der Waals surface area contributed by atoms with Crippen molar-refractivity contribution in [2.75, 3.05) is 44.6 Å². The van der Waals surface area contributed by atoms with Crippen molar-refractivity contribution in [3.8, 4) is 11.5 Å². The maximum atomic E-state index is 14.1. The molecule has 11 nitrogen and oxygen atoms in total. The number of benzene rings is 1. The fourth-order valence-electron chi connectivity index (χ4n) is 5.86. The van der Waals surface area contributed by atoms with E-state index >= 15 is 0 Å². The first-order chi connectivity index (χ1) is 21.6. The van der Waals surface area contributed by atoms with E-state index in [1.165, 1.54) is 18.3 Å². The fraction of sp³-hybridized carbons (Fsp3) is 0.387. The third kappa shape index (κ3) is 6.76. The van der Waals surface area contributed by atoms with Crippen LogP contribution in [-0.4, -0.2) is 79.9 Å². The van der Waals surface area contributed by atoms with Crippen LogP contribution in [0.2, 0.25) is 0 Å². The third-order valence-corrected chi connectivity index (χ3v) is 8.23. The van der Waals surface area contributed by atoms with E-state index < -0.39 is 17.8 Å². The summed E-state index contributed by atoms with van der Waals surface area (Å²) in [5.74, 6) is 0.636. The minimum absolute atomic E-state index is 0.0793. The van der Waals surface area contributed by atoms with E-state index in [2.05, 4.69) is 37.1 Å². The number of urea groups is 1. The lowest BCUT2D eigenvalue weighted by Crippen LogP contribution is -2.45. The number of carbonyl (C=O) groups excluding carboxylic acids is 1. The number of aromatic amines is 1. The number of carbonyl (C=O) groups is 1. The van der Waals surface area contributed by atoms with Gasteiger partial charge in [0.1, 0.15) is 11.3 Å². The average Bonchev–Trinajstić information content (AvgIpc) is 3.01. The van der Waals surface area contributed by atoms with Crippen molar-refractivity contribution in [2.24, 2.45) is 0 Å². The Morgan fingerprint density at radius 2 is 1.84 bits per heavy atom. The molecule has 0 bridgehead atoms. The molecule has 14 heteroatoms. The maximum Gasteiger partial charge on any atom is 0.416 e. The van der Waals surface area contributed by atoms with Gasteiger partial charge in [0.05, 0.1) is 23.7 Å². The van der Waals surface area contributed by atoms with E-state index in [9.17, 15) is 22.8 Å². The van der Waals surface area contributed by atoms with Crippen LogP contribution in [-0.2, 0) is 19.3 Å². The Morgan fingerprint density at radius 3 is 2.60 bits per heavy atom. The smallest absolute Gasteiger partial charge is 0.416 e. The van der Waals surface area contributed by atoms with Crippen LogP contribution in [0.5, 0.6) is 11.5 Å². The minimum Gasteiger partial charge on any atom is -0.453 e. The second-order valence-corrected chi connectivity index (χ2v) is 11.4. The normalized spacial score (nSPS) is 17.7. The van der Waals surface area contributed by atoms with Crippen molar-refractivity contribution < 1.29 is 22.7 Å². The number of halogens is 3. The van der Waals surface area contributed by atoms with E-state index in [0.717, 1.165) is 43.2 Å². The molecule has 2 N–H and O–H groups in total. The standard InChI is InChI=1S/C31H33F3N8O3/c1-3-40-8-10-41(11-9-40)17-20-4-5-22(13-24(20)31(32,33)34)38-30(44)42-16-19(2)27-21(18-42)12-23(14-36-27)45-25-6-7-35-29-28(25)37-15-26(43)39-29/h4-7,12-15,19H,3,8-11,16-18H2,1-2H3,(H,38,44)(H,35,39,43). The number of H-pyrrole nitrogens is 1. The minimum atomic E-state index is -4.56. The van der Waals surface area contributed by atoms with Crippen LogP contribution in [0.25, 0.3) is 11.2 Å². The van der Waals surface area contributed by atoms with Gasteiger partial charge >= 0.3 is 12.2 Å². The van der Waals surface area contributed by atoms with Crippen LogP contribution in [0.3, 0.4) is 0 Å². The number of nitrogens with zero attached hydrogens (tertiary/aromatic N) is 6. The molecular weight excluding hydrogens is 589 g/mol. The number of pyridine rings is 2. The zero-order valence-corrected chi connectivity index (χ0v) is 24.9. The Balaban J connectivity index is 1.16. The van der Waals surface area contributed by atoms with Gasteiger partial charge in [0.2, 0.25) is 0 Å². The van der Waals surface area contributed by atoms with Gasteiger partial charge in [-0.25, -0.2) is 14.8 Å². The zero-order valence-electron chi connectivity index (χ0n) is 24.9. The topological polar surface area (TPSA) is 120 Å². The molecule has 1 saturated heterocycles. The molecule has 0 saturated carbocycles. The fourth-order valence-corrected chi connectivity index (χ4v) is 5.86. The second-order valence-electron chi connectivity index (χ2n) is 11.4. The van der Waals surface area contributed by atoms with Crippen molar-refractivity contribution in [1.29, 1.82) is 0 Å². The van der Waals surface area contributed by atoms with E-state index in [0.29, 0.717) is 36.6 Å². The van der Waals surface area contributed by atoms with Gasteiger partial charge < -0.3 is 24.8 Å². The Morgan fingerprint density at radius 1 is 1.07 bits per heavy atom. The zero-order chi connectivity index (χ0) is 31.7. The van der Waals surface area contributed by atoms with Gasteiger partial charge in [-0.1, -0.05) is 19.9 Å². The van der Waals surface area contributed by atoms with Crippen molar-refractivity contribution in [3.05, 3.63) is 81.7 Å². The number of aromatic nitrogens is 4. The van der Waals surface area contributed by atoms with Crippen molar-refractivity contribution in [2.45, 2.75) is 39.0 Å². The Hall–Kier alpha value is -4.56. The molecule has 4 aromatic rings. The number of hydrogen-bond acceptors (Lipinski definition) is 8. The molecule has 6 rings (SSSR count). The number of alkyl halides is 3. The first kappa shape index (κ1) is 30.5. The number of nitrogens with one attached hydrogen (secondary N) is 2. The first-order valence-corrected chi connectivity index (χ1v) is 14.8. The predicted octanol–water partition coefficient (Wildman–Crippen LogP) is 4.81. The van der Waals surface area contributed by atoms with Crippen LogP contribution in [0.4, 0.5) is 23.7 Å². The molecule has 2 aliphatic rings. The van der Waals surface area contributed by atoms with Gasteiger partial charge in [0.15, 0.2) is 11.4 Å². The number of rotatable bonds is 6. The molecule has 1 aromatic carbocycles. The lowest BCUT2D eigenvalue weighted by Gasteiger charge is -2.34. The quantitative estimate of drug-likeness (QED) is 0.315. The number of hydrogen-bond donors (Lipinski definition) is 2. The number of amides is 2. The van der Waals surface area contributed by atoms with Crippen molar-refractivity contribution in [3.63, 3.8) is 0 Å². The molecular formula is C31H33F3N8O3. The molecule has 0 radical (unpaired) electrons. The number of likely N-dealkylation sites (N-methyl/N-ethyl adjacent to an activating group) is 1. The molecule has 5 heterocycles. The van der Waals surface area contributed by atoms with Crippen molar-refractivity contribution in [1.82, 2.24) is 34.6 Å². The number of piperazine rings is 1. The average molecular weight is 623 g/mol. The molecule has 45 heavy (non-hydrogen) atoms. The van der Waals surface area contributed by atoms with E-state index in [1.807, 2.05) is 11.8 Å². The molecule has 1 fully saturated rings. The Kier molecular flexibility index (Phi) is 8.42. The molecule has 1 atom stereocenters. The SMILES string of the molecule is CCN1CCN(Cc2ccc(NC(=O)N3Cc4cc(Oc5ccnc6[nH]c(=O)cnc56)cnc4C(C)C3)cc2C(F)(F)F)CC1. The summed E-state index contributed by atoms with van der Waals surface area (Å²) in [7, 11) is 0. The number of fused-ring (bicyclic) bond motifs is 2. The van der Waals surface area contributed by atoms with Gasteiger partial charge in [0.25, 0.3) is 5.56 Å².